The van der Waals surface area contributed by atoms with E-state index in [-0.39, 0.29) is 12.4 Å². The second-order valence-corrected chi connectivity index (χ2v) is 2.97. The molecule has 0 fully saturated rings. The molecule has 90 valence electrons. The van der Waals surface area contributed by atoms with Gasteiger partial charge in [0.25, 0.3) is 0 Å². The molecule has 5 nitrogen and oxygen atoms in total. The van der Waals surface area contributed by atoms with Crippen molar-refractivity contribution in [2.24, 2.45) is 0 Å². The molecule has 0 heterocycles. The van der Waals surface area contributed by atoms with Crippen molar-refractivity contribution in [2.75, 3.05) is 53.4 Å². The summed E-state index contributed by atoms with van der Waals surface area (Å²) in [5.74, 6) is 0.0258. The van der Waals surface area contributed by atoms with E-state index in [0.717, 1.165) is 0 Å². The van der Waals surface area contributed by atoms with Crippen molar-refractivity contribution in [3.63, 3.8) is 0 Å². The Morgan fingerprint density at radius 2 is 1.33 bits per heavy atom. The number of carbonyl (C=O) groups excluding carboxylic acids is 1. The Kier molecular flexibility index (Phi) is 11.2. The van der Waals surface area contributed by atoms with Crippen LogP contribution in [0.3, 0.4) is 0 Å². The molecule has 15 heavy (non-hydrogen) atoms. The van der Waals surface area contributed by atoms with Crippen LogP contribution in [0.1, 0.15) is 6.92 Å². The molecule has 0 bridgehead atoms. The smallest absolute Gasteiger partial charge is 0.155 e. The maximum atomic E-state index is 10.5. The van der Waals surface area contributed by atoms with Gasteiger partial charge in [0.15, 0.2) is 5.78 Å². The van der Waals surface area contributed by atoms with Crippen LogP contribution in [0.15, 0.2) is 0 Å². The van der Waals surface area contributed by atoms with Crippen molar-refractivity contribution >= 4 is 5.78 Å². The van der Waals surface area contributed by atoms with Gasteiger partial charge in [0.1, 0.15) is 6.61 Å². The molecule has 0 aliphatic carbocycles. The summed E-state index contributed by atoms with van der Waals surface area (Å²) in [7, 11) is 1.63. The van der Waals surface area contributed by atoms with Gasteiger partial charge in [-0.15, -0.1) is 0 Å². The minimum Gasteiger partial charge on any atom is -0.382 e. The molecule has 0 aliphatic rings. The maximum absolute atomic E-state index is 10.5. The highest BCUT2D eigenvalue weighted by Crippen LogP contribution is 1.82. The van der Waals surface area contributed by atoms with E-state index in [1.165, 1.54) is 6.92 Å². The van der Waals surface area contributed by atoms with Crippen molar-refractivity contribution in [1.82, 2.24) is 0 Å². The van der Waals surface area contributed by atoms with Gasteiger partial charge in [0, 0.05) is 7.11 Å². The maximum Gasteiger partial charge on any atom is 0.155 e. The Labute approximate surface area is 90.6 Å². The van der Waals surface area contributed by atoms with E-state index in [9.17, 15) is 4.79 Å². The zero-order valence-electron chi connectivity index (χ0n) is 9.49. The van der Waals surface area contributed by atoms with Crippen LogP contribution >= 0.6 is 0 Å². The summed E-state index contributed by atoms with van der Waals surface area (Å²) >= 11 is 0. The predicted molar refractivity (Wildman–Crippen MR) is 55.0 cm³/mol. The largest absolute Gasteiger partial charge is 0.382 e. The van der Waals surface area contributed by atoms with E-state index in [0.29, 0.717) is 39.6 Å². The zero-order valence-corrected chi connectivity index (χ0v) is 9.49. The van der Waals surface area contributed by atoms with Crippen molar-refractivity contribution in [3.8, 4) is 0 Å². The molecule has 0 spiro atoms. The number of ether oxygens (including phenoxy) is 4. The molecule has 5 heteroatoms. The Balaban J connectivity index is 2.89. The van der Waals surface area contributed by atoms with E-state index in [4.69, 9.17) is 18.9 Å². The van der Waals surface area contributed by atoms with Gasteiger partial charge < -0.3 is 18.9 Å². The second kappa shape index (κ2) is 11.6. The van der Waals surface area contributed by atoms with Gasteiger partial charge in [0.05, 0.1) is 39.6 Å². The molecule has 0 aromatic rings. The lowest BCUT2D eigenvalue weighted by molar-refractivity contribution is -0.122. The third kappa shape index (κ3) is 13.5. The van der Waals surface area contributed by atoms with Crippen LogP contribution in [0, 0.1) is 0 Å². The van der Waals surface area contributed by atoms with Gasteiger partial charge >= 0.3 is 0 Å². The summed E-state index contributed by atoms with van der Waals surface area (Å²) in [5, 5.41) is 0. The Bertz CT molecular complexity index is 149. The highest BCUT2D eigenvalue weighted by molar-refractivity contribution is 5.76. The van der Waals surface area contributed by atoms with Crippen LogP contribution < -0.4 is 0 Å². The molecule has 0 amide bonds. The summed E-state index contributed by atoms with van der Waals surface area (Å²) < 4.78 is 20.2. The van der Waals surface area contributed by atoms with Crippen molar-refractivity contribution < 1.29 is 23.7 Å². The first-order valence-corrected chi connectivity index (χ1v) is 4.99. The Hall–Kier alpha value is -0.490. The van der Waals surface area contributed by atoms with Gasteiger partial charge in [-0.25, -0.2) is 0 Å². The normalized spacial score (nSPS) is 10.5. The van der Waals surface area contributed by atoms with Crippen LogP contribution in [0.25, 0.3) is 0 Å². The molecular weight excluding hydrogens is 200 g/mol. The fraction of sp³-hybridized carbons (Fsp3) is 0.900. The van der Waals surface area contributed by atoms with Gasteiger partial charge in [-0.2, -0.15) is 0 Å². The van der Waals surface area contributed by atoms with Crippen LogP contribution in [0.4, 0.5) is 0 Å². The summed E-state index contributed by atoms with van der Waals surface area (Å²) in [6.45, 7) is 4.85. The lowest BCUT2D eigenvalue weighted by atomic mass is 10.5. The van der Waals surface area contributed by atoms with Crippen molar-refractivity contribution in [3.05, 3.63) is 0 Å². The molecule has 0 radical (unpaired) electrons. The number of methoxy groups -OCH3 is 1. The van der Waals surface area contributed by atoms with E-state index >= 15 is 0 Å². The van der Waals surface area contributed by atoms with E-state index in [1.807, 2.05) is 0 Å². The van der Waals surface area contributed by atoms with Crippen molar-refractivity contribution in [2.45, 2.75) is 6.92 Å². The first-order chi connectivity index (χ1) is 7.27. The lowest BCUT2D eigenvalue weighted by Crippen LogP contribution is -2.13. The van der Waals surface area contributed by atoms with Crippen LogP contribution in [0.2, 0.25) is 0 Å². The number of hydrogen-bond donors (Lipinski definition) is 0. The summed E-state index contributed by atoms with van der Waals surface area (Å²) in [5.41, 5.74) is 0. The molecule has 0 aromatic heterocycles. The highest BCUT2D eigenvalue weighted by atomic mass is 16.6. The molecule has 0 aromatic carbocycles. The first kappa shape index (κ1) is 14.5. The molecule has 0 rings (SSSR count). The molecule has 0 unspecified atom stereocenters. The van der Waals surface area contributed by atoms with Gasteiger partial charge in [-0.1, -0.05) is 0 Å². The van der Waals surface area contributed by atoms with Gasteiger partial charge in [-0.3, -0.25) is 4.79 Å². The highest BCUT2D eigenvalue weighted by Gasteiger charge is 1.93. The van der Waals surface area contributed by atoms with E-state index in [1.54, 1.807) is 7.11 Å². The molecule has 0 aliphatic heterocycles. The van der Waals surface area contributed by atoms with Crippen molar-refractivity contribution in [1.29, 1.82) is 0 Å². The van der Waals surface area contributed by atoms with Crippen LogP contribution in [-0.2, 0) is 23.7 Å². The lowest BCUT2D eigenvalue weighted by Gasteiger charge is -2.05. The minimum absolute atomic E-state index is 0.0258. The Morgan fingerprint density at radius 3 is 1.80 bits per heavy atom. The van der Waals surface area contributed by atoms with Crippen LogP contribution in [0.5, 0.6) is 0 Å². The minimum atomic E-state index is 0.0258. The molecular formula is C10H20O5. The van der Waals surface area contributed by atoms with Gasteiger partial charge in [0.2, 0.25) is 0 Å². The standard InChI is InChI=1S/C10H20O5/c1-10(11)9-15-8-7-14-6-5-13-4-3-12-2/h3-9H2,1-2H3. The fourth-order valence-electron chi connectivity index (χ4n) is 0.798. The van der Waals surface area contributed by atoms with Crippen LogP contribution in [-0.4, -0.2) is 59.1 Å². The molecule has 0 saturated heterocycles. The average molecular weight is 220 g/mol. The van der Waals surface area contributed by atoms with E-state index < -0.39 is 0 Å². The number of carbonyl (C=O) groups is 1. The second-order valence-electron chi connectivity index (χ2n) is 2.97. The van der Waals surface area contributed by atoms with E-state index in [2.05, 4.69) is 0 Å². The SMILES string of the molecule is COCCOCCOCCOCC(C)=O. The quantitative estimate of drug-likeness (QED) is 0.468. The first-order valence-electron chi connectivity index (χ1n) is 4.99. The molecule has 0 saturated carbocycles. The zero-order chi connectivity index (χ0) is 11.4. The number of ketones is 1. The number of rotatable bonds is 11. The summed E-state index contributed by atoms with van der Waals surface area (Å²) in [6, 6.07) is 0. The monoisotopic (exact) mass is 220 g/mol. The fourth-order valence-corrected chi connectivity index (χ4v) is 0.798. The van der Waals surface area contributed by atoms with Gasteiger partial charge in [-0.05, 0) is 6.92 Å². The summed E-state index contributed by atoms with van der Waals surface area (Å²) in [6.07, 6.45) is 0. The molecule has 0 atom stereocenters. The third-order valence-corrected chi connectivity index (χ3v) is 1.48. The Morgan fingerprint density at radius 1 is 0.867 bits per heavy atom. The topological polar surface area (TPSA) is 54.0 Å². The third-order valence-electron chi connectivity index (χ3n) is 1.48. The summed E-state index contributed by atoms with van der Waals surface area (Å²) in [4.78, 5) is 10.5. The molecule has 0 N–H and O–H groups in total. The number of hydrogen-bond acceptors (Lipinski definition) is 5. The average Bonchev–Trinajstić information content (AvgIpc) is 2.20. The predicted octanol–water partition coefficient (Wildman–Crippen LogP) is 0.272. The number of Topliss-reactive ketones (excluding diaryl/α,β-unsaturated/α-hetero) is 1.